The summed E-state index contributed by atoms with van der Waals surface area (Å²) in [6.45, 7) is 0. The van der Waals surface area contributed by atoms with Gasteiger partial charge in [-0.05, 0) is 12.1 Å². The van der Waals surface area contributed by atoms with Gasteiger partial charge < -0.3 is 9.40 Å². The number of aromatic amines is 1. The number of hydrogen-bond acceptors (Lipinski definition) is 3. The molecule has 0 radical (unpaired) electrons. The van der Waals surface area contributed by atoms with Crippen LogP contribution < -0.4 is 0 Å². The van der Waals surface area contributed by atoms with E-state index < -0.39 is 0 Å². The summed E-state index contributed by atoms with van der Waals surface area (Å²) in [6.07, 6.45) is 4.85. The molecule has 2 heterocycles. The van der Waals surface area contributed by atoms with Crippen molar-refractivity contribution in [2.75, 3.05) is 0 Å². The Balaban J connectivity index is 2.55. The van der Waals surface area contributed by atoms with Crippen LogP contribution in [0.25, 0.3) is 11.3 Å². The molecular weight excluding hydrogens is 172 g/mol. The largest absolute Gasteiger partial charge is 0.472 e. The first kappa shape index (κ1) is 7.24. The van der Waals surface area contributed by atoms with Gasteiger partial charge in [0, 0.05) is 5.56 Å². The molecule has 0 unspecified atom stereocenters. The maximum absolute atomic E-state index is 4.93. The minimum absolute atomic E-state index is 0.574. The highest BCUT2D eigenvalue weighted by Gasteiger charge is 1.97. The second-order valence-electron chi connectivity index (χ2n) is 2.31. The topological polar surface area (TPSA) is 41.8 Å². The molecule has 0 aromatic carbocycles. The van der Waals surface area contributed by atoms with E-state index in [9.17, 15) is 0 Å². The fourth-order valence-electron chi connectivity index (χ4n) is 0.952. The van der Waals surface area contributed by atoms with Gasteiger partial charge in [0.2, 0.25) is 0 Å². The minimum Gasteiger partial charge on any atom is -0.472 e. The highest BCUT2D eigenvalue weighted by molar-refractivity contribution is 7.71. The Labute approximate surface area is 74.1 Å². The molecule has 4 heteroatoms. The predicted molar refractivity (Wildman–Crippen MR) is 47.1 cm³/mol. The summed E-state index contributed by atoms with van der Waals surface area (Å²) in [5, 5.41) is 0. The summed E-state index contributed by atoms with van der Waals surface area (Å²) in [5.41, 5.74) is 1.90. The number of nitrogens with zero attached hydrogens (tertiary/aromatic N) is 1. The lowest BCUT2D eigenvalue weighted by molar-refractivity contribution is 0.568. The summed E-state index contributed by atoms with van der Waals surface area (Å²) in [6, 6.07) is 3.65. The predicted octanol–water partition coefficient (Wildman–Crippen LogP) is 2.40. The van der Waals surface area contributed by atoms with E-state index in [0.717, 1.165) is 11.3 Å². The molecule has 2 rings (SSSR count). The van der Waals surface area contributed by atoms with Crippen molar-refractivity contribution >= 4 is 12.2 Å². The molecule has 12 heavy (non-hydrogen) atoms. The van der Waals surface area contributed by atoms with Gasteiger partial charge in [-0.1, -0.05) is 12.2 Å². The highest BCUT2D eigenvalue weighted by atomic mass is 32.1. The van der Waals surface area contributed by atoms with Crippen molar-refractivity contribution in [1.82, 2.24) is 9.97 Å². The molecule has 2 aromatic heterocycles. The molecule has 0 bridgehead atoms. The Morgan fingerprint density at radius 2 is 2.42 bits per heavy atom. The van der Waals surface area contributed by atoms with Gasteiger partial charge in [-0.3, -0.25) is 0 Å². The lowest BCUT2D eigenvalue weighted by Gasteiger charge is -1.94. The summed E-state index contributed by atoms with van der Waals surface area (Å²) in [4.78, 5) is 6.85. The molecule has 2 aromatic rings. The van der Waals surface area contributed by atoms with Crippen LogP contribution in [0.1, 0.15) is 0 Å². The molecule has 0 fully saturated rings. The molecule has 0 aliphatic carbocycles. The number of rotatable bonds is 1. The summed E-state index contributed by atoms with van der Waals surface area (Å²) in [7, 11) is 0. The quantitative estimate of drug-likeness (QED) is 0.682. The van der Waals surface area contributed by atoms with Gasteiger partial charge in [-0.25, -0.2) is 4.98 Å². The van der Waals surface area contributed by atoms with E-state index in [2.05, 4.69) is 9.97 Å². The molecule has 0 saturated heterocycles. The van der Waals surface area contributed by atoms with E-state index in [4.69, 9.17) is 16.6 Å². The molecule has 0 atom stereocenters. The van der Waals surface area contributed by atoms with Gasteiger partial charge in [0.25, 0.3) is 0 Å². The third-order valence-corrected chi connectivity index (χ3v) is 1.74. The monoisotopic (exact) mass is 178 g/mol. The number of hydrogen-bond donors (Lipinski definition) is 1. The minimum atomic E-state index is 0.574. The van der Waals surface area contributed by atoms with E-state index in [1.165, 1.54) is 0 Å². The first-order valence-corrected chi connectivity index (χ1v) is 3.84. The van der Waals surface area contributed by atoms with Crippen LogP contribution in [-0.4, -0.2) is 9.97 Å². The van der Waals surface area contributed by atoms with Crippen LogP contribution in [0.3, 0.4) is 0 Å². The molecule has 0 aliphatic rings. The molecule has 3 nitrogen and oxygen atoms in total. The Hall–Kier alpha value is -1.42. The zero-order valence-corrected chi connectivity index (χ0v) is 6.97. The number of H-pyrrole nitrogens is 1. The van der Waals surface area contributed by atoms with Crippen molar-refractivity contribution in [3.63, 3.8) is 0 Å². The van der Waals surface area contributed by atoms with Crippen LogP contribution in [-0.2, 0) is 0 Å². The fourth-order valence-corrected chi connectivity index (χ4v) is 1.12. The van der Waals surface area contributed by atoms with E-state index in [-0.39, 0.29) is 0 Å². The normalized spacial score (nSPS) is 10.0. The summed E-state index contributed by atoms with van der Waals surface area (Å²) >= 11 is 4.91. The second kappa shape index (κ2) is 2.91. The molecule has 0 saturated carbocycles. The Kier molecular flexibility index (Phi) is 1.75. The van der Waals surface area contributed by atoms with Crippen molar-refractivity contribution in [1.29, 1.82) is 0 Å². The van der Waals surface area contributed by atoms with Gasteiger partial charge in [-0.15, -0.1) is 0 Å². The first-order chi connectivity index (χ1) is 5.86. The molecule has 0 aliphatic heterocycles. The zero-order valence-electron chi connectivity index (χ0n) is 6.15. The van der Waals surface area contributed by atoms with Crippen LogP contribution >= 0.6 is 12.2 Å². The van der Waals surface area contributed by atoms with Crippen LogP contribution in [0.2, 0.25) is 0 Å². The standard InChI is InChI=1S/C8H6N2OS/c12-8-3-7(9-5-10-8)6-1-2-11-4-6/h1-5H,(H,9,10,12). The highest BCUT2D eigenvalue weighted by Crippen LogP contribution is 2.15. The van der Waals surface area contributed by atoms with Crippen molar-refractivity contribution in [2.45, 2.75) is 0 Å². The Morgan fingerprint density at radius 3 is 3.08 bits per heavy atom. The van der Waals surface area contributed by atoms with Crippen molar-refractivity contribution in [3.8, 4) is 11.3 Å². The van der Waals surface area contributed by atoms with Gasteiger partial charge in [-0.2, -0.15) is 0 Å². The molecule has 0 amide bonds. The third-order valence-electron chi connectivity index (χ3n) is 1.51. The van der Waals surface area contributed by atoms with E-state index in [1.54, 1.807) is 24.9 Å². The number of aromatic nitrogens is 2. The van der Waals surface area contributed by atoms with Crippen LogP contribution in [0.5, 0.6) is 0 Å². The molecular formula is C8H6N2OS. The average Bonchev–Trinajstić information content (AvgIpc) is 2.56. The van der Waals surface area contributed by atoms with Gasteiger partial charge in [0.15, 0.2) is 0 Å². The van der Waals surface area contributed by atoms with Crippen molar-refractivity contribution in [3.05, 3.63) is 35.6 Å². The van der Waals surface area contributed by atoms with Crippen LogP contribution in [0.15, 0.2) is 35.4 Å². The van der Waals surface area contributed by atoms with Crippen molar-refractivity contribution < 1.29 is 4.42 Å². The molecule has 60 valence electrons. The van der Waals surface area contributed by atoms with E-state index in [1.807, 2.05) is 6.07 Å². The first-order valence-electron chi connectivity index (χ1n) is 3.43. The second-order valence-corrected chi connectivity index (χ2v) is 2.73. The summed E-state index contributed by atoms with van der Waals surface area (Å²) < 4.78 is 5.51. The third kappa shape index (κ3) is 1.29. The lowest BCUT2D eigenvalue weighted by Crippen LogP contribution is -1.82. The number of furan rings is 1. The average molecular weight is 178 g/mol. The summed E-state index contributed by atoms with van der Waals surface area (Å²) in [5.74, 6) is 0. The Bertz CT molecular complexity index is 419. The maximum atomic E-state index is 4.93. The smallest absolute Gasteiger partial charge is 0.130 e. The lowest BCUT2D eigenvalue weighted by atomic mass is 10.2. The van der Waals surface area contributed by atoms with Crippen molar-refractivity contribution in [2.24, 2.45) is 0 Å². The number of nitrogens with one attached hydrogen (secondary N) is 1. The van der Waals surface area contributed by atoms with E-state index >= 15 is 0 Å². The van der Waals surface area contributed by atoms with E-state index in [0.29, 0.717) is 4.64 Å². The van der Waals surface area contributed by atoms with Gasteiger partial charge in [0.1, 0.15) is 4.64 Å². The SMILES string of the molecule is S=c1cc(-c2ccoc2)[nH]cn1. The Morgan fingerprint density at radius 1 is 1.50 bits per heavy atom. The molecule has 0 spiro atoms. The van der Waals surface area contributed by atoms with Crippen LogP contribution in [0.4, 0.5) is 0 Å². The maximum Gasteiger partial charge on any atom is 0.130 e. The zero-order chi connectivity index (χ0) is 8.39. The van der Waals surface area contributed by atoms with Gasteiger partial charge in [0.05, 0.1) is 24.5 Å². The fraction of sp³-hybridized carbons (Fsp3) is 0. The molecule has 1 N–H and O–H groups in total. The van der Waals surface area contributed by atoms with Gasteiger partial charge >= 0.3 is 0 Å². The van der Waals surface area contributed by atoms with Crippen LogP contribution in [0, 0.1) is 4.64 Å².